The SMILES string of the molecule is CCCC1(CCC)CC(O)=C(C(CC)c2cccc(NS(=O)(=O)c3ccc(F)cc3)c2)C(=O)O1. The molecule has 1 aliphatic rings. The number of carbonyl (C=O) groups excluding carboxylic acids is 1. The molecule has 0 amide bonds. The molecule has 1 atom stereocenters. The highest BCUT2D eigenvalue weighted by molar-refractivity contribution is 7.92. The molecule has 0 saturated carbocycles. The number of anilines is 1. The average Bonchev–Trinajstić information content (AvgIpc) is 2.77. The minimum absolute atomic E-state index is 0.0438. The van der Waals surface area contributed by atoms with Crippen LogP contribution in [0.15, 0.2) is 64.8 Å². The molecule has 1 unspecified atom stereocenters. The summed E-state index contributed by atoms with van der Waals surface area (Å²) in [5, 5.41) is 11.0. The second kappa shape index (κ2) is 10.6. The zero-order chi connectivity index (χ0) is 24.9. The molecule has 0 aromatic heterocycles. The Bertz CT molecular complexity index is 1150. The first kappa shape index (κ1) is 25.7. The van der Waals surface area contributed by atoms with Crippen molar-refractivity contribution in [2.45, 2.75) is 75.7 Å². The Balaban J connectivity index is 1.91. The normalized spacial score (nSPS) is 16.8. The number of benzene rings is 2. The van der Waals surface area contributed by atoms with Crippen LogP contribution in [0.25, 0.3) is 0 Å². The lowest BCUT2D eigenvalue weighted by Crippen LogP contribution is -2.41. The summed E-state index contributed by atoms with van der Waals surface area (Å²) in [7, 11) is -3.92. The van der Waals surface area contributed by atoms with Gasteiger partial charge in [0.1, 0.15) is 17.2 Å². The van der Waals surface area contributed by atoms with E-state index in [1.165, 1.54) is 12.1 Å². The van der Waals surface area contributed by atoms with E-state index in [0.717, 1.165) is 25.0 Å². The van der Waals surface area contributed by atoms with Gasteiger partial charge >= 0.3 is 5.97 Å². The molecule has 6 nitrogen and oxygen atoms in total. The number of esters is 1. The molecule has 0 aliphatic carbocycles. The second-order valence-electron chi connectivity index (χ2n) is 8.76. The van der Waals surface area contributed by atoms with Crippen LogP contribution in [0, 0.1) is 5.82 Å². The smallest absolute Gasteiger partial charge is 0.338 e. The predicted molar refractivity (Wildman–Crippen MR) is 130 cm³/mol. The van der Waals surface area contributed by atoms with Gasteiger partial charge in [0.2, 0.25) is 0 Å². The van der Waals surface area contributed by atoms with Crippen LogP contribution in [0.2, 0.25) is 0 Å². The summed E-state index contributed by atoms with van der Waals surface area (Å²) < 4.78 is 47.0. The third-order valence-electron chi connectivity index (χ3n) is 6.16. The molecule has 1 aliphatic heterocycles. The lowest BCUT2D eigenvalue weighted by Gasteiger charge is -2.38. The van der Waals surface area contributed by atoms with Crippen molar-refractivity contribution in [3.63, 3.8) is 0 Å². The molecule has 8 heteroatoms. The van der Waals surface area contributed by atoms with E-state index in [9.17, 15) is 22.7 Å². The summed E-state index contributed by atoms with van der Waals surface area (Å²) in [4.78, 5) is 13.0. The number of cyclic esters (lactones) is 1. The number of ether oxygens (including phenoxy) is 1. The van der Waals surface area contributed by atoms with Gasteiger partial charge in [0.05, 0.1) is 10.5 Å². The molecule has 3 rings (SSSR count). The fourth-order valence-electron chi connectivity index (χ4n) is 4.72. The standard InChI is InChI=1S/C26H32FNO5S/c1-4-14-26(15-5-2)17-23(29)24(25(30)33-26)22(6-3)18-8-7-9-20(16-18)28-34(31,32)21-12-10-19(27)11-13-21/h7-13,16,22,28-29H,4-6,14-15,17H2,1-3H3. The first-order valence-electron chi connectivity index (χ1n) is 11.7. The van der Waals surface area contributed by atoms with Gasteiger partial charge in [-0.05, 0) is 61.2 Å². The van der Waals surface area contributed by atoms with E-state index < -0.39 is 33.3 Å². The molecule has 0 saturated heterocycles. The van der Waals surface area contributed by atoms with Crippen molar-refractivity contribution in [3.8, 4) is 0 Å². The number of hydrogen-bond donors (Lipinski definition) is 2. The Hall–Kier alpha value is -2.87. The van der Waals surface area contributed by atoms with E-state index in [2.05, 4.69) is 4.72 Å². The first-order valence-corrected chi connectivity index (χ1v) is 13.2. The third-order valence-corrected chi connectivity index (χ3v) is 7.56. The molecule has 0 bridgehead atoms. The molecule has 34 heavy (non-hydrogen) atoms. The molecule has 1 heterocycles. The summed E-state index contributed by atoms with van der Waals surface area (Å²) >= 11 is 0. The van der Waals surface area contributed by atoms with Crippen molar-refractivity contribution >= 4 is 21.7 Å². The Morgan fingerprint density at radius 1 is 1.09 bits per heavy atom. The van der Waals surface area contributed by atoms with Gasteiger partial charge in [-0.1, -0.05) is 45.7 Å². The fraction of sp³-hybridized carbons (Fsp3) is 0.423. The number of rotatable bonds is 10. The number of sulfonamides is 1. The molecule has 0 spiro atoms. The van der Waals surface area contributed by atoms with Crippen LogP contribution in [-0.2, 0) is 19.6 Å². The van der Waals surface area contributed by atoms with Crippen molar-refractivity contribution in [1.82, 2.24) is 0 Å². The summed E-state index contributed by atoms with van der Waals surface area (Å²) in [6.45, 7) is 5.94. The van der Waals surface area contributed by atoms with Crippen LogP contribution in [0.5, 0.6) is 0 Å². The van der Waals surface area contributed by atoms with Crippen LogP contribution in [0.1, 0.15) is 70.8 Å². The predicted octanol–water partition coefficient (Wildman–Crippen LogP) is 6.22. The lowest BCUT2D eigenvalue weighted by molar-refractivity contribution is -0.161. The summed E-state index contributed by atoms with van der Waals surface area (Å²) in [5.41, 5.74) is 0.526. The Labute approximate surface area is 200 Å². The zero-order valence-electron chi connectivity index (χ0n) is 19.8. The second-order valence-corrected chi connectivity index (χ2v) is 10.4. The highest BCUT2D eigenvalue weighted by Gasteiger charge is 2.42. The van der Waals surface area contributed by atoms with Crippen molar-refractivity contribution in [3.05, 3.63) is 71.2 Å². The highest BCUT2D eigenvalue weighted by atomic mass is 32.2. The van der Waals surface area contributed by atoms with Crippen molar-refractivity contribution in [2.75, 3.05) is 4.72 Å². The van der Waals surface area contributed by atoms with E-state index in [-0.39, 0.29) is 22.6 Å². The number of aliphatic hydroxyl groups excluding tert-OH is 1. The van der Waals surface area contributed by atoms with Gasteiger partial charge < -0.3 is 9.84 Å². The molecule has 0 radical (unpaired) electrons. The van der Waals surface area contributed by atoms with Crippen molar-refractivity contribution < 1.29 is 27.4 Å². The first-order chi connectivity index (χ1) is 16.1. The molecular formula is C26H32FNO5S. The van der Waals surface area contributed by atoms with Crippen LogP contribution in [-0.4, -0.2) is 25.1 Å². The molecular weight excluding hydrogens is 457 g/mol. The van der Waals surface area contributed by atoms with Gasteiger partial charge in [-0.25, -0.2) is 17.6 Å². The summed E-state index contributed by atoms with van der Waals surface area (Å²) in [5.74, 6) is -1.46. The highest BCUT2D eigenvalue weighted by Crippen LogP contribution is 2.42. The van der Waals surface area contributed by atoms with E-state index in [1.807, 2.05) is 20.8 Å². The van der Waals surface area contributed by atoms with Gasteiger partial charge in [-0.15, -0.1) is 0 Å². The van der Waals surface area contributed by atoms with Gasteiger partial charge in [-0.2, -0.15) is 0 Å². The topological polar surface area (TPSA) is 92.7 Å². The molecule has 184 valence electrons. The molecule has 2 aromatic rings. The van der Waals surface area contributed by atoms with Crippen LogP contribution >= 0.6 is 0 Å². The minimum atomic E-state index is -3.92. The quantitative estimate of drug-likeness (QED) is 0.387. The fourth-order valence-corrected chi connectivity index (χ4v) is 5.77. The van der Waals surface area contributed by atoms with Crippen LogP contribution < -0.4 is 4.72 Å². The molecule has 2 N–H and O–H groups in total. The van der Waals surface area contributed by atoms with Gasteiger partial charge in [0, 0.05) is 18.0 Å². The van der Waals surface area contributed by atoms with E-state index in [1.54, 1.807) is 24.3 Å². The molecule has 2 aromatic carbocycles. The Kier molecular flexibility index (Phi) is 8.02. The largest absolute Gasteiger partial charge is 0.512 e. The Morgan fingerprint density at radius 3 is 2.29 bits per heavy atom. The van der Waals surface area contributed by atoms with Gasteiger partial charge in [-0.3, -0.25) is 4.72 Å². The summed E-state index contributed by atoms with van der Waals surface area (Å²) in [6, 6.07) is 11.3. The Morgan fingerprint density at radius 2 is 1.74 bits per heavy atom. The lowest BCUT2D eigenvalue weighted by atomic mass is 9.80. The number of carbonyl (C=O) groups is 1. The monoisotopic (exact) mass is 489 g/mol. The summed E-state index contributed by atoms with van der Waals surface area (Å²) in [6.07, 6.45) is 3.83. The van der Waals surface area contributed by atoms with Crippen LogP contribution in [0.3, 0.4) is 0 Å². The molecule has 0 fully saturated rings. The maximum Gasteiger partial charge on any atom is 0.338 e. The van der Waals surface area contributed by atoms with Crippen LogP contribution in [0.4, 0.5) is 10.1 Å². The average molecular weight is 490 g/mol. The van der Waals surface area contributed by atoms with E-state index in [4.69, 9.17) is 4.74 Å². The minimum Gasteiger partial charge on any atom is -0.512 e. The van der Waals surface area contributed by atoms with Gasteiger partial charge in [0.25, 0.3) is 10.0 Å². The van der Waals surface area contributed by atoms with E-state index >= 15 is 0 Å². The zero-order valence-corrected chi connectivity index (χ0v) is 20.6. The van der Waals surface area contributed by atoms with Crippen molar-refractivity contribution in [2.24, 2.45) is 0 Å². The maximum absolute atomic E-state index is 13.2. The number of nitrogens with one attached hydrogen (secondary N) is 1. The van der Waals surface area contributed by atoms with Crippen molar-refractivity contribution in [1.29, 1.82) is 0 Å². The maximum atomic E-state index is 13.2. The van der Waals surface area contributed by atoms with E-state index in [0.29, 0.717) is 30.5 Å². The third kappa shape index (κ3) is 5.60. The number of aliphatic hydroxyl groups is 1. The number of hydrogen-bond acceptors (Lipinski definition) is 5. The number of halogens is 1. The van der Waals surface area contributed by atoms with Gasteiger partial charge in [0.15, 0.2) is 0 Å².